The summed E-state index contributed by atoms with van der Waals surface area (Å²) in [7, 11) is 0. The molecule has 0 spiro atoms. The van der Waals surface area contributed by atoms with Gasteiger partial charge in [0.25, 0.3) is 0 Å². The Hall–Kier alpha value is -2.57. The molecular formula is C28H34FNO4. The van der Waals surface area contributed by atoms with Gasteiger partial charge in [-0.1, -0.05) is 12.1 Å². The van der Waals surface area contributed by atoms with Gasteiger partial charge in [0.1, 0.15) is 30.0 Å². The normalized spacial score (nSPS) is 25.4. The van der Waals surface area contributed by atoms with E-state index in [1.165, 1.54) is 5.57 Å². The van der Waals surface area contributed by atoms with E-state index in [2.05, 4.69) is 24.0 Å². The number of fused-ring (bicyclic) bond motifs is 1. The van der Waals surface area contributed by atoms with E-state index in [9.17, 15) is 14.6 Å². The van der Waals surface area contributed by atoms with Gasteiger partial charge in [-0.25, -0.2) is 0 Å². The lowest BCUT2D eigenvalue weighted by atomic mass is 9.75. The first-order chi connectivity index (χ1) is 16.5. The number of aliphatic hydroxyl groups excluding tert-OH is 1. The Labute approximate surface area is 200 Å². The number of halogens is 1. The lowest BCUT2D eigenvalue weighted by Crippen LogP contribution is -2.49. The third kappa shape index (κ3) is 4.80. The molecule has 1 atom stereocenters. The van der Waals surface area contributed by atoms with Gasteiger partial charge in [-0.3, -0.25) is 9.29 Å². The van der Waals surface area contributed by atoms with Crippen LogP contribution in [0.4, 0.5) is 4.39 Å². The Morgan fingerprint density at radius 3 is 2.50 bits per heavy atom. The van der Waals surface area contributed by atoms with E-state index in [0.717, 1.165) is 73.5 Å². The highest BCUT2D eigenvalue weighted by Crippen LogP contribution is 2.48. The number of rotatable bonds is 7. The number of allylic oxidation sites excluding steroid dienone is 1. The predicted molar refractivity (Wildman–Crippen MR) is 130 cm³/mol. The molecule has 1 saturated carbocycles. The summed E-state index contributed by atoms with van der Waals surface area (Å²) in [5.41, 5.74) is 4.42. The number of nitrogens with zero attached hydrogens (tertiary/aromatic N) is 1. The molecule has 6 heteroatoms. The number of alkyl halides is 1. The molecule has 34 heavy (non-hydrogen) atoms. The van der Waals surface area contributed by atoms with Crippen LogP contribution in [0, 0.1) is 11.8 Å². The number of hydrogen-bond acceptors (Lipinski definition) is 5. The van der Waals surface area contributed by atoms with Crippen LogP contribution in [-0.2, 0) is 0 Å². The first-order valence-corrected chi connectivity index (χ1v) is 12.4. The van der Waals surface area contributed by atoms with Crippen LogP contribution in [0.5, 0.6) is 17.2 Å². The summed E-state index contributed by atoms with van der Waals surface area (Å²) in [5, 5.41) is 20.1. The fourth-order valence-corrected chi connectivity index (χ4v) is 5.60. The summed E-state index contributed by atoms with van der Waals surface area (Å²) < 4.78 is 25.0. The summed E-state index contributed by atoms with van der Waals surface area (Å²) in [6.07, 6.45) is 3.05. The van der Waals surface area contributed by atoms with Crippen LogP contribution in [0.1, 0.15) is 49.8 Å². The van der Waals surface area contributed by atoms with Gasteiger partial charge in [0.15, 0.2) is 0 Å². The molecule has 3 aliphatic rings. The van der Waals surface area contributed by atoms with Gasteiger partial charge in [-0.2, -0.15) is 0 Å². The number of phenols is 1. The summed E-state index contributed by atoms with van der Waals surface area (Å²) in [6, 6.07) is 13.4. The number of hydrogen-bond donors (Lipinski definition) is 2. The summed E-state index contributed by atoms with van der Waals surface area (Å²) in [5.74, 6) is 2.36. The van der Waals surface area contributed by atoms with Crippen LogP contribution in [0.2, 0.25) is 0 Å². The van der Waals surface area contributed by atoms with Crippen LogP contribution in [0.3, 0.4) is 0 Å². The van der Waals surface area contributed by atoms with E-state index >= 15 is 0 Å². The molecule has 0 radical (unpaired) electrons. The Bertz CT molecular complexity index is 1020. The van der Waals surface area contributed by atoms with Crippen molar-refractivity contribution in [3.63, 3.8) is 0 Å². The Morgan fingerprint density at radius 1 is 1.06 bits per heavy atom. The van der Waals surface area contributed by atoms with Crippen molar-refractivity contribution in [1.82, 2.24) is 4.90 Å². The summed E-state index contributed by atoms with van der Waals surface area (Å²) in [6.45, 7) is 4.93. The van der Waals surface area contributed by atoms with Crippen molar-refractivity contribution in [3.8, 4) is 17.2 Å². The molecule has 182 valence electrons. The van der Waals surface area contributed by atoms with Crippen molar-refractivity contribution < 1.29 is 24.1 Å². The van der Waals surface area contributed by atoms with Crippen LogP contribution >= 0.6 is 0 Å². The number of benzene rings is 2. The minimum atomic E-state index is -0.231. The van der Waals surface area contributed by atoms with Crippen molar-refractivity contribution in [2.45, 2.75) is 44.8 Å². The van der Waals surface area contributed by atoms with Crippen LogP contribution in [-0.4, -0.2) is 54.1 Å². The lowest BCUT2D eigenvalue weighted by molar-refractivity contribution is 0.0668. The van der Waals surface area contributed by atoms with Gasteiger partial charge in [0.05, 0.1) is 12.8 Å². The molecule has 2 aromatic carbocycles. The average molecular weight is 468 g/mol. The van der Waals surface area contributed by atoms with E-state index in [4.69, 9.17) is 9.47 Å². The lowest BCUT2D eigenvalue weighted by Gasteiger charge is -2.37. The van der Waals surface area contributed by atoms with Crippen LogP contribution in [0.15, 0.2) is 48.0 Å². The summed E-state index contributed by atoms with van der Waals surface area (Å²) >= 11 is 0. The molecule has 2 heterocycles. The van der Waals surface area contributed by atoms with Gasteiger partial charge < -0.3 is 19.7 Å². The van der Waals surface area contributed by atoms with Crippen molar-refractivity contribution in [2.24, 2.45) is 11.8 Å². The fourth-order valence-electron chi connectivity index (χ4n) is 5.60. The number of aromatic hydroxyl groups is 1. The smallest absolute Gasteiger partial charge is 0.146 e. The fraction of sp³-hybridized carbons (Fsp3) is 0.500. The highest BCUT2D eigenvalue weighted by atomic mass is 19.1. The molecule has 2 aromatic rings. The van der Waals surface area contributed by atoms with Crippen molar-refractivity contribution in [1.29, 1.82) is 0 Å². The molecule has 5 nitrogen and oxygen atoms in total. The van der Waals surface area contributed by atoms with E-state index < -0.39 is 0 Å². The van der Waals surface area contributed by atoms with Crippen LogP contribution < -0.4 is 9.47 Å². The van der Waals surface area contributed by atoms with Crippen LogP contribution in [0.25, 0.3) is 5.57 Å². The molecule has 0 aromatic heterocycles. The minimum Gasteiger partial charge on any atom is -0.508 e. The molecule has 2 N–H and O–H groups in total. The molecule has 2 fully saturated rings. The van der Waals surface area contributed by atoms with Crippen molar-refractivity contribution >= 4 is 5.57 Å². The molecule has 0 unspecified atom stereocenters. The SMILES string of the molecule is CC1=C(C2CCC(O)CC2)[C@H](c2ccc(OCCN3CC(CF)C3)cc2)Oc2ccc(O)cc21. The predicted octanol–water partition coefficient (Wildman–Crippen LogP) is 5.13. The molecule has 5 rings (SSSR count). The van der Waals surface area contributed by atoms with Crippen molar-refractivity contribution in [2.75, 3.05) is 32.9 Å². The molecule has 2 aliphatic heterocycles. The zero-order valence-electron chi connectivity index (χ0n) is 19.8. The molecule has 0 bridgehead atoms. The van der Waals surface area contributed by atoms with E-state index in [0.29, 0.717) is 12.5 Å². The highest BCUT2D eigenvalue weighted by Gasteiger charge is 2.35. The van der Waals surface area contributed by atoms with Gasteiger partial charge in [-0.05, 0) is 85.6 Å². The molecule has 0 amide bonds. The molecule has 1 saturated heterocycles. The van der Waals surface area contributed by atoms with E-state index in [-0.39, 0.29) is 30.5 Å². The van der Waals surface area contributed by atoms with Gasteiger partial charge in [0, 0.05) is 31.1 Å². The first kappa shape index (κ1) is 23.2. The van der Waals surface area contributed by atoms with E-state index in [1.54, 1.807) is 12.1 Å². The van der Waals surface area contributed by atoms with Gasteiger partial charge in [0.2, 0.25) is 0 Å². The molecule has 1 aliphatic carbocycles. The Morgan fingerprint density at radius 2 is 1.79 bits per heavy atom. The van der Waals surface area contributed by atoms with E-state index in [1.807, 2.05) is 18.2 Å². The third-order valence-electron chi connectivity index (χ3n) is 7.57. The monoisotopic (exact) mass is 467 g/mol. The standard InChI is InChI=1S/C28H34FNO4/c1-18-25-14-23(32)8-11-26(25)34-28(27(18)20-2-6-22(31)7-3-20)21-4-9-24(10-5-21)33-13-12-30-16-19(15-29)17-30/h4-5,8-11,14,19-20,22,28,31-32H,2-3,6-7,12-13,15-17H2,1H3/t20?,22?,28-/m0/s1. The highest BCUT2D eigenvalue weighted by molar-refractivity contribution is 5.76. The first-order valence-electron chi connectivity index (χ1n) is 12.4. The Kier molecular flexibility index (Phi) is 6.79. The maximum Gasteiger partial charge on any atom is 0.146 e. The maximum atomic E-state index is 12.6. The van der Waals surface area contributed by atoms with Gasteiger partial charge in [-0.15, -0.1) is 0 Å². The second-order valence-electron chi connectivity index (χ2n) is 9.96. The minimum absolute atomic E-state index is 0.196. The summed E-state index contributed by atoms with van der Waals surface area (Å²) in [4.78, 5) is 2.21. The van der Waals surface area contributed by atoms with Gasteiger partial charge >= 0.3 is 0 Å². The maximum absolute atomic E-state index is 12.6. The quantitative estimate of drug-likeness (QED) is 0.591. The number of aliphatic hydroxyl groups is 1. The zero-order valence-corrected chi connectivity index (χ0v) is 19.8. The zero-order chi connectivity index (χ0) is 23.7. The average Bonchev–Trinajstić information content (AvgIpc) is 2.82. The van der Waals surface area contributed by atoms with Crippen molar-refractivity contribution in [3.05, 3.63) is 59.2 Å². The number of ether oxygens (including phenoxy) is 2. The Balaban J connectivity index is 1.33. The second kappa shape index (κ2) is 9.96. The number of likely N-dealkylation sites (tertiary alicyclic amines) is 1. The topological polar surface area (TPSA) is 62.2 Å². The molecular weight excluding hydrogens is 433 g/mol. The second-order valence-corrected chi connectivity index (χ2v) is 9.96. The largest absolute Gasteiger partial charge is 0.508 e. The number of phenolic OH excluding ortho intramolecular Hbond substituents is 1. The third-order valence-corrected chi connectivity index (χ3v) is 7.57.